The molecule has 0 fully saturated rings. The van der Waals surface area contributed by atoms with Crippen molar-refractivity contribution in [1.29, 1.82) is 0 Å². The smallest absolute Gasteiger partial charge is 0.138 e. The molecule has 2 rings (SSSR count). The van der Waals surface area contributed by atoms with Crippen LogP contribution in [0.2, 0.25) is 0 Å². The van der Waals surface area contributed by atoms with Gasteiger partial charge in [0.25, 0.3) is 0 Å². The molecule has 2 aromatic rings. The summed E-state index contributed by atoms with van der Waals surface area (Å²) in [6.45, 7) is 7.40. The van der Waals surface area contributed by atoms with Crippen LogP contribution in [0.25, 0.3) is 11.0 Å². The Morgan fingerprint density at radius 2 is 2.06 bits per heavy atom. The summed E-state index contributed by atoms with van der Waals surface area (Å²) in [6.07, 6.45) is 1.02. The largest absolute Gasteiger partial charge is 0.459 e. The quantitative estimate of drug-likeness (QED) is 0.865. The van der Waals surface area contributed by atoms with Crippen LogP contribution in [0.15, 0.2) is 22.6 Å². The van der Waals surface area contributed by atoms with Gasteiger partial charge in [-0.2, -0.15) is 0 Å². The number of para-hydroxylation sites is 1. The second-order valence-corrected chi connectivity index (χ2v) is 4.77. The first kappa shape index (κ1) is 12.2. The second kappa shape index (κ2) is 4.92. The molecule has 0 amide bonds. The lowest BCUT2D eigenvalue weighted by Gasteiger charge is -2.05. The molecule has 0 saturated carbocycles. The molecule has 17 heavy (non-hydrogen) atoms. The number of hydrogen-bond donors (Lipinski definition) is 1. The lowest BCUT2D eigenvalue weighted by molar-refractivity contribution is 0.520. The van der Waals surface area contributed by atoms with Gasteiger partial charge in [-0.15, -0.1) is 0 Å². The number of rotatable bonds is 4. The van der Waals surface area contributed by atoms with Crippen LogP contribution in [0.3, 0.4) is 0 Å². The average molecular weight is 231 g/mol. The fraction of sp³-hybridized carbons (Fsp3) is 0.467. The van der Waals surface area contributed by atoms with Crippen LogP contribution in [0.1, 0.15) is 43.6 Å². The SMILES string of the molecule is CCc1c(CNC)oc2c(C(C)C)cccc12. The van der Waals surface area contributed by atoms with Crippen molar-refractivity contribution in [2.75, 3.05) is 7.05 Å². The zero-order valence-electron chi connectivity index (χ0n) is 11.1. The van der Waals surface area contributed by atoms with Gasteiger partial charge in [0, 0.05) is 10.9 Å². The molecule has 0 aliphatic rings. The van der Waals surface area contributed by atoms with Gasteiger partial charge in [-0.1, -0.05) is 39.0 Å². The average Bonchev–Trinajstić information content (AvgIpc) is 2.66. The highest BCUT2D eigenvalue weighted by Crippen LogP contribution is 2.32. The molecule has 0 spiro atoms. The zero-order valence-corrected chi connectivity index (χ0v) is 11.1. The molecule has 1 aromatic heterocycles. The van der Waals surface area contributed by atoms with Crippen LogP contribution in [-0.2, 0) is 13.0 Å². The summed E-state index contributed by atoms with van der Waals surface area (Å²) >= 11 is 0. The second-order valence-electron chi connectivity index (χ2n) is 4.77. The van der Waals surface area contributed by atoms with Crippen LogP contribution in [0.4, 0.5) is 0 Å². The lowest BCUT2D eigenvalue weighted by Crippen LogP contribution is -2.05. The zero-order chi connectivity index (χ0) is 12.4. The Morgan fingerprint density at radius 1 is 1.29 bits per heavy atom. The third-order valence-electron chi connectivity index (χ3n) is 3.25. The number of furan rings is 1. The first-order valence-electron chi connectivity index (χ1n) is 6.36. The lowest BCUT2D eigenvalue weighted by atomic mass is 9.99. The Bertz CT molecular complexity index is 511. The highest BCUT2D eigenvalue weighted by atomic mass is 16.3. The minimum Gasteiger partial charge on any atom is -0.459 e. The molecule has 1 N–H and O–H groups in total. The molecule has 0 bridgehead atoms. The van der Waals surface area contributed by atoms with E-state index in [1.807, 2.05) is 7.05 Å². The molecule has 92 valence electrons. The van der Waals surface area contributed by atoms with E-state index in [4.69, 9.17) is 4.42 Å². The maximum Gasteiger partial charge on any atom is 0.138 e. The van der Waals surface area contributed by atoms with E-state index in [1.54, 1.807) is 0 Å². The summed E-state index contributed by atoms with van der Waals surface area (Å²) in [5, 5.41) is 4.46. The maximum atomic E-state index is 6.06. The van der Waals surface area contributed by atoms with Gasteiger partial charge in [-0.05, 0) is 24.9 Å². The van der Waals surface area contributed by atoms with E-state index in [-0.39, 0.29) is 0 Å². The molecule has 0 aliphatic carbocycles. The molecule has 2 nitrogen and oxygen atoms in total. The summed E-state index contributed by atoms with van der Waals surface area (Å²) in [4.78, 5) is 0. The molecule has 0 atom stereocenters. The van der Waals surface area contributed by atoms with Gasteiger partial charge < -0.3 is 9.73 Å². The van der Waals surface area contributed by atoms with E-state index in [2.05, 4.69) is 44.3 Å². The molecule has 1 aromatic carbocycles. The van der Waals surface area contributed by atoms with Crippen LogP contribution in [0.5, 0.6) is 0 Å². The Morgan fingerprint density at radius 3 is 2.65 bits per heavy atom. The summed E-state index contributed by atoms with van der Waals surface area (Å²) in [6, 6.07) is 6.47. The summed E-state index contributed by atoms with van der Waals surface area (Å²) < 4.78 is 6.06. The Hall–Kier alpha value is -1.28. The minimum absolute atomic E-state index is 0.497. The fourth-order valence-electron chi connectivity index (χ4n) is 2.39. The minimum atomic E-state index is 0.497. The molecular formula is C15H21NO. The number of hydrogen-bond acceptors (Lipinski definition) is 2. The van der Waals surface area contributed by atoms with Crippen LogP contribution in [-0.4, -0.2) is 7.05 Å². The molecule has 0 unspecified atom stereocenters. The van der Waals surface area contributed by atoms with Gasteiger partial charge in [0.2, 0.25) is 0 Å². The van der Waals surface area contributed by atoms with Crippen molar-refractivity contribution in [2.45, 2.75) is 39.7 Å². The van der Waals surface area contributed by atoms with Crippen molar-refractivity contribution in [1.82, 2.24) is 5.32 Å². The van der Waals surface area contributed by atoms with Gasteiger partial charge in [0.15, 0.2) is 0 Å². The van der Waals surface area contributed by atoms with Crippen molar-refractivity contribution in [2.24, 2.45) is 0 Å². The topological polar surface area (TPSA) is 25.2 Å². The normalized spacial score (nSPS) is 11.6. The Kier molecular flexibility index (Phi) is 3.53. The Labute approximate surface area is 103 Å². The molecule has 1 heterocycles. The first-order valence-corrected chi connectivity index (χ1v) is 6.36. The van der Waals surface area contributed by atoms with Crippen LogP contribution in [0, 0.1) is 0 Å². The maximum absolute atomic E-state index is 6.06. The van der Waals surface area contributed by atoms with Gasteiger partial charge in [-0.3, -0.25) is 0 Å². The summed E-state index contributed by atoms with van der Waals surface area (Å²) in [7, 11) is 1.95. The van der Waals surface area contributed by atoms with E-state index < -0.39 is 0 Å². The van der Waals surface area contributed by atoms with Crippen molar-refractivity contribution >= 4 is 11.0 Å². The van der Waals surface area contributed by atoms with E-state index in [1.165, 1.54) is 16.5 Å². The molecule has 2 heteroatoms. The van der Waals surface area contributed by atoms with Gasteiger partial charge in [-0.25, -0.2) is 0 Å². The number of benzene rings is 1. The van der Waals surface area contributed by atoms with Gasteiger partial charge >= 0.3 is 0 Å². The predicted octanol–water partition coefficient (Wildman–Crippen LogP) is 3.84. The molecule has 0 radical (unpaired) electrons. The van der Waals surface area contributed by atoms with Crippen molar-refractivity contribution < 1.29 is 4.42 Å². The number of nitrogens with one attached hydrogen (secondary N) is 1. The first-order chi connectivity index (χ1) is 8.19. The fourth-order valence-corrected chi connectivity index (χ4v) is 2.39. The predicted molar refractivity (Wildman–Crippen MR) is 72.4 cm³/mol. The third-order valence-corrected chi connectivity index (χ3v) is 3.25. The van der Waals surface area contributed by atoms with Gasteiger partial charge in [0.05, 0.1) is 6.54 Å². The van der Waals surface area contributed by atoms with E-state index in [9.17, 15) is 0 Å². The summed E-state index contributed by atoms with van der Waals surface area (Å²) in [5.41, 5.74) is 3.72. The highest BCUT2D eigenvalue weighted by molar-refractivity contribution is 5.85. The molecule has 0 saturated heterocycles. The van der Waals surface area contributed by atoms with E-state index in [0.717, 1.165) is 24.3 Å². The van der Waals surface area contributed by atoms with E-state index >= 15 is 0 Å². The molecule has 0 aliphatic heterocycles. The number of fused-ring (bicyclic) bond motifs is 1. The Balaban J connectivity index is 2.67. The van der Waals surface area contributed by atoms with E-state index in [0.29, 0.717) is 5.92 Å². The van der Waals surface area contributed by atoms with Gasteiger partial charge in [0.1, 0.15) is 11.3 Å². The molecular weight excluding hydrogens is 210 g/mol. The highest BCUT2D eigenvalue weighted by Gasteiger charge is 2.15. The monoisotopic (exact) mass is 231 g/mol. The van der Waals surface area contributed by atoms with Crippen molar-refractivity contribution in [3.63, 3.8) is 0 Å². The van der Waals surface area contributed by atoms with Crippen LogP contribution < -0.4 is 5.32 Å². The van der Waals surface area contributed by atoms with Crippen LogP contribution >= 0.6 is 0 Å². The summed E-state index contributed by atoms with van der Waals surface area (Å²) in [5.74, 6) is 1.58. The standard InChI is InChI=1S/C15H21NO/c1-5-11-13-8-6-7-12(10(2)3)15(13)17-14(11)9-16-4/h6-8,10,16H,5,9H2,1-4H3. The third kappa shape index (κ3) is 2.09. The van der Waals surface area contributed by atoms with Crippen molar-refractivity contribution in [3.05, 3.63) is 35.1 Å². The van der Waals surface area contributed by atoms with Crippen molar-refractivity contribution in [3.8, 4) is 0 Å². The number of aryl methyl sites for hydroxylation is 1.